The number of nitrogens with zero attached hydrogens (tertiary/aromatic N) is 5. The van der Waals surface area contributed by atoms with Gasteiger partial charge in [0.2, 0.25) is 0 Å². The number of carbonyl (C=O) groups excluding carboxylic acids is 2. The minimum absolute atomic E-state index is 0.153. The van der Waals surface area contributed by atoms with Crippen molar-refractivity contribution < 1.29 is 32.6 Å². The van der Waals surface area contributed by atoms with Crippen LogP contribution >= 0.6 is 0 Å². The average Bonchev–Trinajstić information content (AvgIpc) is 3.49. The van der Waals surface area contributed by atoms with Crippen LogP contribution in [0.5, 0.6) is 5.75 Å². The molecule has 0 aliphatic carbocycles. The number of hydrogen-bond acceptors (Lipinski definition) is 9. The number of fused-ring (bicyclic) bond motifs is 1. The number of likely N-dealkylation sites (N-methyl/N-ethyl adjacent to an activating group) is 1. The number of rotatable bonds is 8. The molecule has 2 amide bonds. The summed E-state index contributed by atoms with van der Waals surface area (Å²) in [4.78, 5) is 38.5. The fourth-order valence-corrected chi connectivity index (χ4v) is 6.28. The van der Waals surface area contributed by atoms with E-state index in [2.05, 4.69) is 14.7 Å². The minimum atomic E-state index is -4.03. The van der Waals surface area contributed by atoms with Crippen molar-refractivity contribution in [3.05, 3.63) is 66.4 Å². The summed E-state index contributed by atoms with van der Waals surface area (Å²) in [6, 6.07) is 7.32. The van der Waals surface area contributed by atoms with Crippen LogP contribution in [-0.2, 0) is 21.8 Å². The van der Waals surface area contributed by atoms with Crippen molar-refractivity contribution in [1.82, 2.24) is 24.3 Å². The van der Waals surface area contributed by atoms with Crippen LogP contribution in [0.3, 0.4) is 0 Å². The van der Waals surface area contributed by atoms with Gasteiger partial charge in [0.1, 0.15) is 5.75 Å². The Labute approximate surface area is 270 Å². The van der Waals surface area contributed by atoms with Gasteiger partial charge in [0, 0.05) is 69.6 Å². The fraction of sp³-hybridized carbons (Fsp3) is 0.500. The quantitative estimate of drug-likeness (QED) is 0.372. The molecule has 250 valence electrons. The van der Waals surface area contributed by atoms with Crippen LogP contribution in [0.2, 0.25) is 0 Å². The zero-order chi connectivity index (χ0) is 33.4. The molecule has 2 N–H and O–H groups in total. The summed E-state index contributed by atoms with van der Waals surface area (Å²) in [5.74, 6) is -0.544. The number of hydrogen-bond donors (Lipinski definition) is 2. The van der Waals surface area contributed by atoms with Gasteiger partial charge in [0.25, 0.3) is 21.8 Å². The molecular formula is C32H44N6O7S. The van der Waals surface area contributed by atoms with Crippen LogP contribution in [0, 0.1) is 5.92 Å². The van der Waals surface area contributed by atoms with Gasteiger partial charge in [-0.05, 0) is 63.4 Å². The van der Waals surface area contributed by atoms with Gasteiger partial charge in [-0.3, -0.25) is 19.3 Å². The molecule has 1 aliphatic heterocycles. The number of pyridine rings is 1. The van der Waals surface area contributed by atoms with Gasteiger partial charge >= 0.3 is 0 Å². The summed E-state index contributed by atoms with van der Waals surface area (Å²) in [5, 5.41) is 10.0. The van der Waals surface area contributed by atoms with E-state index in [0.717, 1.165) is 12.8 Å². The second-order valence-corrected chi connectivity index (χ2v) is 13.5. The molecule has 3 aromatic rings. The van der Waals surface area contributed by atoms with Crippen LogP contribution < -0.4 is 9.46 Å². The van der Waals surface area contributed by atoms with Crippen molar-refractivity contribution in [3.8, 4) is 5.75 Å². The molecule has 0 unspecified atom stereocenters. The molecule has 3 heterocycles. The topological polar surface area (TPSA) is 156 Å². The van der Waals surface area contributed by atoms with Gasteiger partial charge in [-0.25, -0.2) is 4.98 Å². The highest BCUT2D eigenvalue weighted by Crippen LogP contribution is 2.29. The van der Waals surface area contributed by atoms with E-state index in [1.165, 1.54) is 23.2 Å². The van der Waals surface area contributed by atoms with Gasteiger partial charge in [-0.15, -0.1) is 0 Å². The summed E-state index contributed by atoms with van der Waals surface area (Å²) < 4.78 is 42.7. The van der Waals surface area contributed by atoms with E-state index in [1.807, 2.05) is 13.8 Å². The second kappa shape index (κ2) is 15.5. The third-order valence-electron chi connectivity index (χ3n) is 7.99. The number of aryl methyl sites for hydroxylation is 1. The van der Waals surface area contributed by atoms with Crippen molar-refractivity contribution in [2.24, 2.45) is 13.0 Å². The summed E-state index contributed by atoms with van der Waals surface area (Å²) in [6.45, 7) is 6.25. The van der Waals surface area contributed by atoms with Crippen molar-refractivity contribution in [1.29, 1.82) is 0 Å². The van der Waals surface area contributed by atoms with Crippen LogP contribution in [-0.4, -0.2) is 101 Å². The highest BCUT2D eigenvalue weighted by atomic mass is 32.2. The number of sulfonamides is 1. The zero-order valence-electron chi connectivity index (χ0n) is 27.0. The van der Waals surface area contributed by atoms with E-state index in [1.54, 1.807) is 67.5 Å². The average molecular weight is 657 g/mol. The summed E-state index contributed by atoms with van der Waals surface area (Å²) in [6.07, 6.45) is 7.53. The molecule has 14 heteroatoms. The van der Waals surface area contributed by atoms with E-state index in [0.29, 0.717) is 24.3 Å². The summed E-state index contributed by atoms with van der Waals surface area (Å²) >= 11 is 0. The van der Waals surface area contributed by atoms with E-state index in [9.17, 15) is 23.1 Å². The Hall–Kier alpha value is -4.01. The number of benzene rings is 1. The maximum Gasteiger partial charge on any atom is 0.280 e. The number of ether oxygens (including phenoxy) is 2. The number of amides is 2. The zero-order valence-corrected chi connectivity index (χ0v) is 27.8. The Morgan fingerprint density at radius 1 is 1.20 bits per heavy atom. The van der Waals surface area contributed by atoms with E-state index in [4.69, 9.17) is 9.47 Å². The maximum atomic E-state index is 14.3. The lowest BCUT2D eigenvalue weighted by molar-refractivity contribution is -0.0149. The van der Waals surface area contributed by atoms with Crippen molar-refractivity contribution in [2.75, 3.05) is 38.1 Å². The van der Waals surface area contributed by atoms with Gasteiger partial charge in [-0.2, -0.15) is 8.42 Å². The molecule has 0 spiro atoms. The first-order chi connectivity index (χ1) is 21.9. The number of aliphatic hydroxyl groups is 1. The van der Waals surface area contributed by atoms with Gasteiger partial charge in [0.15, 0.2) is 5.03 Å². The number of nitrogens with one attached hydrogen (secondary N) is 1. The predicted molar refractivity (Wildman–Crippen MR) is 172 cm³/mol. The molecule has 46 heavy (non-hydrogen) atoms. The first kappa shape index (κ1) is 34.9. The van der Waals surface area contributed by atoms with Crippen LogP contribution in [0.1, 0.15) is 60.7 Å². The Morgan fingerprint density at radius 3 is 2.61 bits per heavy atom. The van der Waals surface area contributed by atoms with Crippen molar-refractivity contribution >= 4 is 27.5 Å². The largest absolute Gasteiger partial charge is 0.490 e. The maximum absolute atomic E-state index is 14.3. The highest BCUT2D eigenvalue weighted by molar-refractivity contribution is 7.92. The van der Waals surface area contributed by atoms with Gasteiger partial charge in [-0.1, -0.05) is 6.92 Å². The van der Waals surface area contributed by atoms with Crippen LogP contribution in [0.25, 0.3) is 0 Å². The van der Waals surface area contributed by atoms with E-state index in [-0.39, 0.29) is 53.9 Å². The Balaban J connectivity index is 1.66. The molecule has 4 atom stereocenters. The number of anilines is 1. The molecule has 13 nitrogen and oxygen atoms in total. The predicted octanol–water partition coefficient (Wildman–Crippen LogP) is 3.18. The lowest BCUT2D eigenvalue weighted by Crippen LogP contribution is -2.48. The molecule has 4 rings (SSSR count). The third-order valence-corrected chi connectivity index (χ3v) is 9.25. The molecular weight excluding hydrogens is 612 g/mol. The number of aliphatic hydroxyl groups excluding tert-OH is 1. The van der Waals surface area contributed by atoms with Crippen molar-refractivity contribution in [2.45, 2.75) is 63.3 Å². The second-order valence-electron chi connectivity index (χ2n) is 11.9. The first-order valence-corrected chi connectivity index (χ1v) is 16.9. The van der Waals surface area contributed by atoms with Gasteiger partial charge in [0.05, 0.1) is 36.7 Å². The molecule has 1 aliphatic rings. The Bertz CT molecular complexity index is 1580. The normalized spacial score (nSPS) is 20.6. The lowest BCUT2D eigenvalue weighted by Gasteiger charge is -2.36. The van der Waals surface area contributed by atoms with Crippen LogP contribution in [0.4, 0.5) is 5.69 Å². The molecule has 0 bridgehead atoms. The number of aromatic nitrogens is 3. The smallest absolute Gasteiger partial charge is 0.280 e. The Morgan fingerprint density at radius 2 is 1.93 bits per heavy atom. The van der Waals surface area contributed by atoms with Crippen LogP contribution in [0.15, 0.2) is 60.3 Å². The fourth-order valence-electron chi connectivity index (χ4n) is 5.25. The SMILES string of the molecule is C[C@H]1CCCCO[C@H](CN(C)C(=O)c2ccncc2)[C@@H](C)CN([C@@H](C)CO)C(=O)c2cc(NS(=O)(=O)c3cn(C)cn3)ccc2O1. The molecule has 2 aromatic heterocycles. The summed E-state index contributed by atoms with van der Waals surface area (Å²) in [7, 11) is -0.645. The summed E-state index contributed by atoms with van der Waals surface area (Å²) in [5.41, 5.74) is 0.828. The highest BCUT2D eigenvalue weighted by Gasteiger charge is 2.31. The monoisotopic (exact) mass is 656 g/mol. The standard InChI is InChI=1S/C32H44N6O7S/c1-22-17-38(23(2)20-39)32(41)27-16-26(35-46(42,43)30-19-36(4)21-34-30)9-10-28(27)45-24(3)8-6-7-15-44-29(22)18-37(5)31(40)25-11-13-33-14-12-25/h9-14,16,19,21-24,29,35,39H,6-8,15,17-18,20H2,1-5H3/t22-,23-,24-,29+/m0/s1. The minimum Gasteiger partial charge on any atom is -0.490 e. The Kier molecular flexibility index (Phi) is 11.8. The van der Waals surface area contributed by atoms with E-state index < -0.39 is 28.1 Å². The number of carbonyl (C=O) groups is 2. The molecule has 0 saturated carbocycles. The molecule has 0 fully saturated rings. The molecule has 1 aromatic carbocycles. The molecule has 0 saturated heterocycles. The number of imidazole rings is 1. The van der Waals surface area contributed by atoms with Gasteiger partial charge < -0.3 is 28.9 Å². The first-order valence-electron chi connectivity index (χ1n) is 15.4. The van der Waals surface area contributed by atoms with E-state index >= 15 is 0 Å². The van der Waals surface area contributed by atoms with Crippen molar-refractivity contribution in [3.63, 3.8) is 0 Å². The third kappa shape index (κ3) is 8.83. The molecule has 0 radical (unpaired) electrons. The lowest BCUT2D eigenvalue weighted by atomic mass is 10.0.